The van der Waals surface area contributed by atoms with Crippen LogP contribution in [0.25, 0.3) is 11.1 Å². The molecular weight excluding hydrogens is 440 g/mol. The van der Waals surface area contributed by atoms with Crippen LogP contribution in [0.5, 0.6) is 5.75 Å². The van der Waals surface area contributed by atoms with Crippen molar-refractivity contribution in [2.45, 2.75) is 24.9 Å². The van der Waals surface area contributed by atoms with Crippen LogP contribution in [0.15, 0.2) is 66.7 Å². The fourth-order valence-electron chi connectivity index (χ4n) is 4.33. The highest BCUT2D eigenvalue weighted by molar-refractivity contribution is 6.31. The summed E-state index contributed by atoms with van der Waals surface area (Å²) in [5.74, 6) is -0.793. The quantitative estimate of drug-likeness (QED) is 0.556. The number of hydrogen-bond acceptors (Lipinski definition) is 4. The van der Waals surface area contributed by atoms with Crippen LogP contribution in [-0.4, -0.2) is 35.0 Å². The second-order valence-corrected chi connectivity index (χ2v) is 8.19. The first-order valence-electron chi connectivity index (χ1n) is 10.4. The number of ether oxygens (including phenoxy) is 1. The Labute approximate surface area is 196 Å². The number of nitriles is 1. The molecule has 0 saturated carbocycles. The van der Waals surface area contributed by atoms with Crippen molar-refractivity contribution in [3.63, 3.8) is 0 Å². The summed E-state index contributed by atoms with van der Waals surface area (Å²) in [6.45, 7) is 0. The number of halogens is 1. The van der Waals surface area contributed by atoms with Crippen LogP contribution >= 0.6 is 11.6 Å². The van der Waals surface area contributed by atoms with Gasteiger partial charge in [-0.05, 0) is 60.4 Å². The first kappa shape index (κ1) is 22.4. The molecule has 0 spiro atoms. The predicted octanol–water partition coefficient (Wildman–Crippen LogP) is 5.32. The Kier molecular flexibility index (Phi) is 6.34. The largest absolute Gasteiger partial charge is 0.496 e. The molecule has 0 bridgehead atoms. The zero-order valence-corrected chi connectivity index (χ0v) is 18.6. The lowest BCUT2D eigenvalue weighted by molar-refractivity contribution is -0.141. The molecule has 0 aliphatic carbocycles. The minimum absolute atomic E-state index is 0.354. The zero-order chi connectivity index (χ0) is 23.5. The highest BCUT2D eigenvalue weighted by Gasteiger charge is 2.42. The molecule has 1 saturated heterocycles. The van der Waals surface area contributed by atoms with Gasteiger partial charge in [0.2, 0.25) is 0 Å². The van der Waals surface area contributed by atoms with Gasteiger partial charge < -0.3 is 14.7 Å². The molecule has 1 N–H and O–H groups in total. The Bertz CT molecular complexity index is 1250. The number of aliphatic carboxylic acids is 1. The minimum atomic E-state index is -1.03. The molecule has 3 aromatic carbocycles. The van der Waals surface area contributed by atoms with Crippen molar-refractivity contribution in [2.75, 3.05) is 7.11 Å². The summed E-state index contributed by atoms with van der Waals surface area (Å²) < 4.78 is 5.41. The molecule has 33 heavy (non-hydrogen) atoms. The molecule has 166 valence electrons. The SMILES string of the molecule is COc1ccc(C#N)cc1-c1ccc(C(=O)N2[C@@H](c3ccccc3Cl)CC[C@H]2C(=O)O)cc1. The van der Waals surface area contributed by atoms with E-state index in [0.717, 1.165) is 16.7 Å². The van der Waals surface area contributed by atoms with Gasteiger partial charge in [-0.15, -0.1) is 0 Å². The van der Waals surface area contributed by atoms with Gasteiger partial charge in [-0.1, -0.05) is 41.9 Å². The molecule has 3 aromatic rings. The Morgan fingerprint density at radius 2 is 1.82 bits per heavy atom. The molecule has 0 aromatic heterocycles. The van der Waals surface area contributed by atoms with Gasteiger partial charge in [0.25, 0.3) is 5.91 Å². The van der Waals surface area contributed by atoms with Crippen molar-refractivity contribution in [1.29, 1.82) is 5.26 Å². The van der Waals surface area contributed by atoms with Crippen LogP contribution in [0.1, 0.15) is 40.4 Å². The van der Waals surface area contributed by atoms with Gasteiger partial charge in [-0.3, -0.25) is 4.79 Å². The minimum Gasteiger partial charge on any atom is -0.496 e. The highest BCUT2D eigenvalue weighted by atomic mass is 35.5. The van der Waals surface area contributed by atoms with Crippen molar-refractivity contribution in [3.05, 3.63) is 88.4 Å². The number of carboxylic acid groups (broad SMARTS) is 1. The van der Waals surface area contributed by atoms with Crippen LogP contribution in [-0.2, 0) is 4.79 Å². The molecule has 1 aliphatic heterocycles. The number of benzene rings is 3. The summed E-state index contributed by atoms with van der Waals surface area (Å²) in [6, 6.07) is 20.0. The summed E-state index contributed by atoms with van der Waals surface area (Å²) in [6.07, 6.45) is 0.871. The van der Waals surface area contributed by atoms with E-state index >= 15 is 0 Å². The average Bonchev–Trinajstić information content (AvgIpc) is 3.29. The Morgan fingerprint density at radius 3 is 2.45 bits per heavy atom. The van der Waals surface area contributed by atoms with E-state index in [-0.39, 0.29) is 5.91 Å². The van der Waals surface area contributed by atoms with E-state index in [1.54, 1.807) is 61.7 Å². The van der Waals surface area contributed by atoms with Crippen LogP contribution in [0.3, 0.4) is 0 Å². The summed E-state index contributed by atoms with van der Waals surface area (Å²) in [4.78, 5) is 26.8. The number of likely N-dealkylation sites (tertiary alicyclic amines) is 1. The lowest BCUT2D eigenvalue weighted by atomic mass is 10.00. The number of carboxylic acids is 1. The number of hydrogen-bond donors (Lipinski definition) is 1. The van der Waals surface area contributed by atoms with Gasteiger partial charge in [-0.25, -0.2) is 4.79 Å². The maximum absolute atomic E-state index is 13.5. The number of methoxy groups -OCH3 is 1. The fourth-order valence-corrected chi connectivity index (χ4v) is 4.59. The molecule has 6 nitrogen and oxygen atoms in total. The molecule has 7 heteroatoms. The van der Waals surface area contributed by atoms with Gasteiger partial charge >= 0.3 is 5.97 Å². The van der Waals surface area contributed by atoms with Crippen molar-refractivity contribution in [2.24, 2.45) is 0 Å². The smallest absolute Gasteiger partial charge is 0.326 e. The average molecular weight is 461 g/mol. The molecule has 1 fully saturated rings. The molecule has 1 heterocycles. The molecule has 0 unspecified atom stereocenters. The third-order valence-corrected chi connectivity index (χ3v) is 6.28. The summed E-state index contributed by atoms with van der Waals surface area (Å²) in [5, 5.41) is 19.5. The molecule has 2 atom stereocenters. The van der Waals surface area contributed by atoms with Crippen molar-refractivity contribution >= 4 is 23.5 Å². The highest BCUT2D eigenvalue weighted by Crippen LogP contribution is 2.40. The van der Waals surface area contributed by atoms with Gasteiger partial charge in [-0.2, -0.15) is 5.26 Å². The van der Waals surface area contributed by atoms with E-state index < -0.39 is 18.1 Å². The van der Waals surface area contributed by atoms with Crippen LogP contribution in [0.2, 0.25) is 5.02 Å². The fraction of sp³-hybridized carbons (Fsp3) is 0.192. The van der Waals surface area contributed by atoms with E-state index in [9.17, 15) is 20.0 Å². The number of rotatable bonds is 5. The van der Waals surface area contributed by atoms with Crippen molar-refractivity contribution in [1.82, 2.24) is 4.90 Å². The third-order valence-electron chi connectivity index (χ3n) is 5.94. The predicted molar refractivity (Wildman–Crippen MR) is 124 cm³/mol. The molecule has 0 radical (unpaired) electrons. The Hall–Kier alpha value is -3.82. The van der Waals surface area contributed by atoms with E-state index in [1.807, 2.05) is 12.1 Å². The van der Waals surface area contributed by atoms with Crippen molar-refractivity contribution in [3.8, 4) is 22.9 Å². The molecule has 1 amide bonds. The zero-order valence-electron chi connectivity index (χ0n) is 17.9. The van der Waals surface area contributed by atoms with Crippen molar-refractivity contribution < 1.29 is 19.4 Å². The number of carbonyl (C=O) groups excluding carboxylic acids is 1. The van der Waals surface area contributed by atoms with E-state index in [0.29, 0.717) is 34.7 Å². The monoisotopic (exact) mass is 460 g/mol. The lowest BCUT2D eigenvalue weighted by Gasteiger charge is -2.29. The van der Waals surface area contributed by atoms with Gasteiger partial charge in [0.05, 0.1) is 24.8 Å². The second-order valence-electron chi connectivity index (χ2n) is 7.79. The van der Waals surface area contributed by atoms with Gasteiger partial charge in [0, 0.05) is 16.1 Å². The number of amides is 1. The van der Waals surface area contributed by atoms with Gasteiger partial charge in [0.15, 0.2) is 0 Å². The van der Waals surface area contributed by atoms with Crippen LogP contribution < -0.4 is 4.74 Å². The Morgan fingerprint density at radius 1 is 1.09 bits per heavy atom. The van der Waals surface area contributed by atoms with E-state index in [1.165, 1.54) is 4.90 Å². The first-order chi connectivity index (χ1) is 15.9. The summed E-state index contributed by atoms with van der Waals surface area (Å²) in [7, 11) is 1.55. The Balaban J connectivity index is 1.69. The topological polar surface area (TPSA) is 90.6 Å². The molecule has 4 rings (SSSR count). The standard InChI is InChI=1S/C26H21ClN2O4/c1-33-24-13-6-16(15-28)14-20(24)17-7-9-18(10-8-17)25(30)29-22(11-12-23(29)26(31)32)19-4-2-3-5-21(19)27/h2-10,13-14,22-23H,11-12H2,1H3,(H,31,32)/t22-,23+/m1/s1. The summed E-state index contributed by atoms with van der Waals surface area (Å²) >= 11 is 6.37. The van der Waals surface area contributed by atoms with E-state index in [4.69, 9.17) is 16.3 Å². The number of carbonyl (C=O) groups is 2. The maximum atomic E-state index is 13.5. The van der Waals surface area contributed by atoms with E-state index in [2.05, 4.69) is 6.07 Å². The van der Waals surface area contributed by atoms with Gasteiger partial charge in [0.1, 0.15) is 11.8 Å². The normalized spacial score (nSPS) is 17.4. The third kappa shape index (κ3) is 4.28. The van der Waals surface area contributed by atoms with Crippen LogP contribution in [0, 0.1) is 11.3 Å². The molecule has 1 aliphatic rings. The summed E-state index contributed by atoms with van der Waals surface area (Å²) in [5.41, 5.74) is 3.12. The number of nitrogens with zero attached hydrogens (tertiary/aromatic N) is 2. The maximum Gasteiger partial charge on any atom is 0.326 e. The second kappa shape index (κ2) is 9.35. The van der Waals surface area contributed by atoms with Crippen LogP contribution in [0.4, 0.5) is 0 Å². The first-order valence-corrected chi connectivity index (χ1v) is 10.8. The lowest BCUT2D eigenvalue weighted by Crippen LogP contribution is -2.41. The molecular formula is C26H21ClN2O4.